The maximum Gasteiger partial charge on any atom is 0.0666 e. The van der Waals surface area contributed by atoms with Gasteiger partial charge in [0.05, 0.1) is 12.6 Å². The van der Waals surface area contributed by atoms with Crippen molar-refractivity contribution in [2.24, 2.45) is 9.98 Å². The van der Waals surface area contributed by atoms with Gasteiger partial charge in [-0.2, -0.15) is 0 Å². The number of nitrogens with zero attached hydrogens (tertiary/aromatic N) is 2. The smallest absolute Gasteiger partial charge is 0.0666 e. The molecule has 0 unspecified atom stereocenters. The predicted octanol–water partition coefficient (Wildman–Crippen LogP) is 7.39. The van der Waals surface area contributed by atoms with Gasteiger partial charge in [0.2, 0.25) is 0 Å². The number of rotatable bonds is 7. The largest absolute Gasteiger partial charge is 0.290 e. The number of hydrogen-bond acceptors (Lipinski definition) is 4. The van der Waals surface area contributed by atoms with Gasteiger partial charge in [0.15, 0.2) is 0 Å². The van der Waals surface area contributed by atoms with E-state index < -0.39 is 0 Å². The number of hydrogen-bond donors (Lipinski definition) is 0. The first-order chi connectivity index (χ1) is 13.5. The Hall–Kier alpha value is -1.52. The fourth-order valence-corrected chi connectivity index (χ4v) is 4.67. The first-order valence-corrected chi connectivity index (χ1v) is 11.8. The minimum absolute atomic E-state index is 0.140. The highest BCUT2D eigenvalue weighted by molar-refractivity contribution is 8.01. The molecule has 0 aliphatic heterocycles. The minimum atomic E-state index is 0.140. The van der Waals surface area contributed by atoms with Crippen LogP contribution in [0.2, 0.25) is 0 Å². The fourth-order valence-electron chi connectivity index (χ4n) is 2.58. The van der Waals surface area contributed by atoms with Crippen LogP contribution < -0.4 is 0 Å². The first kappa shape index (κ1) is 23.8. The van der Waals surface area contributed by atoms with Crippen LogP contribution in [0.1, 0.15) is 59.6 Å². The Kier molecular flexibility index (Phi) is 8.59. The molecule has 2 aromatic rings. The predicted molar refractivity (Wildman–Crippen MR) is 134 cm³/mol. The molecule has 0 aliphatic carbocycles. The zero-order chi connectivity index (χ0) is 21.5. The summed E-state index contributed by atoms with van der Waals surface area (Å²) >= 11 is 3.75. The van der Waals surface area contributed by atoms with Crippen molar-refractivity contribution in [1.82, 2.24) is 0 Å². The molecule has 0 aromatic heterocycles. The third-order valence-corrected chi connectivity index (χ3v) is 6.15. The second-order valence-corrected chi connectivity index (χ2v) is 12.9. The van der Waals surface area contributed by atoms with Gasteiger partial charge in [-0.25, -0.2) is 0 Å². The van der Waals surface area contributed by atoms with Crippen molar-refractivity contribution in [3.05, 3.63) is 59.7 Å². The van der Waals surface area contributed by atoms with Crippen molar-refractivity contribution in [2.45, 2.75) is 73.8 Å². The molecular formula is C25H34N2S2. The highest BCUT2D eigenvalue weighted by atomic mass is 32.2. The van der Waals surface area contributed by atoms with Crippen LogP contribution in [0.4, 0.5) is 0 Å². The van der Waals surface area contributed by atoms with E-state index in [1.54, 1.807) is 0 Å². The van der Waals surface area contributed by atoms with Crippen molar-refractivity contribution >= 4 is 36.0 Å². The van der Waals surface area contributed by atoms with Crippen LogP contribution in [0.25, 0.3) is 0 Å². The molecule has 156 valence electrons. The van der Waals surface area contributed by atoms with E-state index >= 15 is 0 Å². The van der Waals surface area contributed by atoms with Crippen LogP contribution in [0.3, 0.4) is 0 Å². The molecule has 1 atom stereocenters. The molecule has 0 radical (unpaired) electrons. The SMILES string of the molecule is C[C@H](C/N=C/c1ccccc1SC(C)(C)C)/N=C/c1ccccc1SC(C)(C)C. The van der Waals surface area contributed by atoms with E-state index in [1.165, 1.54) is 20.9 Å². The highest BCUT2D eigenvalue weighted by Gasteiger charge is 2.14. The molecule has 0 fully saturated rings. The van der Waals surface area contributed by atoms with Crippen molar-refractivity contribution in [3.8, 4) is 0 Å². The lowest BCUT2D eigenvalue weighted by Gasteiger charge is -2.19. The van der Waals surface area contributed by atoms with E-state index in [0.29, 0.717) is 6.54 Å². The second kappa shape index (κ2) is 10.5. The summed E-state index contributed by atoms with van der Waals surface area (Å²) in [7, 11) is 0. The molecule has 0 heterocycles. The molecule has 0 amide bonds. The summed E-state index contributed by atoms with van der Waals surface area (Å²) < 4.78 is 0.359. The van der Waals surface area contributed by atoms with E-state index in [9.17, 15) is 0 Å². The third-order valence-electron chi connectivity index (χ3n) is 3.74. The van der Waals surface area contributed by atoms with Gasteiger partial charge >= 0.3 is 0 Å². The lowest BCUT2D eigenvalue weighted by Crippen LogP contribution is -2.08. The van der Waals surface area contributed by atoms with E-state index in [4.69, 9.17) is 4.99 Å². The molecule has 0 N–H and O–H groups in total. The lowest BCUT2D eigenvalue weighted by molar-refractivity contribution is 0.761. The molecular weight excluding hydrogens is 392 g/mol. The molecule has 29 heavy (non-hydrogen) atoms. The van der Waals surface area contributed by atoms with Gasteiger partial charge in [-0.05, 0) is 19.1 Å². The maximum atomic E-state index is 4.74. The van der Waals surface area contributed by atoms with Crippen molar-refractivity contribution < 1.29 is 0 Å². The summed E-state index contributed by atoms with van der Waals surface area (Å²) in [5, 5.41) is 0. The summed E-state index contributed by atoms with van der Waals surface area (Å²) in [6.45, 7) is 16.2. The topological polar surface area (TPSA) is 24.7 Å². The third kappa shape index (κ3) is 9.22. The van der Waals surface area contributed by atoms with Crippen LogP contribution in [0, 0.1) is 0 Å². The zero-order valence-electron chi connectivity index (χ0n) is 18.8. The average Bonchev–Trinajstić information content (AvgIpc) is 2.60. The minimum Gasteiger partial charge on any atom is -0.290 e. The second-order valence-electron chi connectivity index (χ2n) is 9.13. The Morgan fingerprint density at radius 1 is 0.759 bits per heavy atom. The lowest BCUT2D eigenvalue weighted by atomic mass is 10.2. The highest BCUT2D eigenvalue weighted by Crippen LogP contribution is 2.34. The summed E-state index contributed by atoms with van der Waals surface area (Å²) in [5.74, 6) is 0. The number of aliphatic imine (C=N–C) groups is 2. The molecule has 2 aromatic carbocycles. The van der Waals surface area contributed by atoms with Crippen LogP contribution in [0.5, 0.6) is 0 Å². The molecule has 0 aliphatic rings. The number of benzene rings is 2. The quantitative estimate of drug-likeness (QED) is 0.340. The summed E-state index contributed by atoms with van der Waals surface area (Å²) in [4.78, 5) is 12.0. The van der Waals surface area contributed by atoms with Crippen molar-refractivity contribution in [1.29, 1.82) is 0 Å². The molecule has 2 rings (SSSR count). The molecule has 4 heteroatoms. The number of thioether (sulfide) groups is 2. The monoisotopic (exact) mass is 426 g/mol. The van der Waals surface area contributed by atoms with Crippen LogP contribution in [-0.2, 0) is 0 Å². The van der Waals surface area contributed by atoms with Crippen LogP contribution in [-0.4, -0.2) is 34.5 Å². The first-order valence-electron chi connectivity index (χ1n) is 10.1. The Labute approximate surface area is 185 Å². The van der Waals surface area contributed by atoms with Crippen LogP contribution in [0.15, 0.2) is 68.3 Å². The molecule has 0 spiro atoms. The Balaban J connectivity index is 2.02. The van der Waals surface area contributed by atoms with Gasteiger partial charge in [0.1, 0.15) is 0 Å². The van der Waals surface area contributed by atoms with Gasteiger partial charge < -0.3 is 0 Å². The molecule has 0 saturated heterocycles. The molecule has 0 bridgehead atoms. The van der Waals surface area contributed by atoms with Crippen molar-refractivity contribution in [3.63, 3.8) is 0 Å². The average molecular weight is 427 g/mol. The van der Waals surface area contributed by atoms with E-state index in [-0.39, 0.29) is 15.5 Å². The van der Waals surface area contributed by atoms with E-state index in [0.717, 1.165) is 0 Å². The standard InChI is InChI=1S/C25H34N2S2/c1-19(27-18-21-13-9-11-15-23(21)29-25(5,6)7)16-26-17-20-12-8-10-14-22(20)28-24(2,3)4/h8-15,17-19H,16H2,1-7H3/b26-17+,27-18+/t19-/m1/s1. The van der Waals surface area contributed by atoms with Gasteiger partial charge in [0.25, 0.3) is 0 Å². The van der Waals surface area contributed by atoms with Gasteiger partial charge in [-0.1, -0.05) is 77.9 Å². The van der Waals surface area contributed by atoms with Crippen LogP contribution >= 0.6 is 23.5 Å². The van der Waals surface area contributed by atoms with Gasteiger partial charge in [-0.3, -0.25) is 9.98 Å². The zero-order valence-corrected chi connectivity index (χ0v) is 20.4. The Morgan fingerprint density at radius 2 is 1.21 bits per heavy atom. The van der Waals surface area contributed by atoms with Gasteiger partial charge in [0, 0.05) is 42.8 Å². The van der Waals surface area contributed by atoms with Crippen molar-refractivity contribution in [2.75, 3.05) is 6.54 Å². The molecule has 2 nitrogen and oxygen atoms in total. The summed E-state index contributed by atoms with van der Waals surface area (Å²) in [6.07, 6.45) is 3.99. The summed E-state index contributed by atoms with van der Waals surface area (Å²) in [5.41, 5.74) is 2.35. The van der Waals surface area contributed by atoms with Gasteiger partial charge in [-0.15, -0.1) is 23.5 Å². The summed E-state index contributed by atoms with van der Waals surface area (Å²) in [6, 6.07) is 17.1. The fraction of sp³-hybridized carbons (Fsp3) is 0.440. The maximum absolute atomic E-state index is 4.74. The Bertz CT molecular complexity index is 842. The normalized spacial score (nSPS) is 14.0. The Morgan fingerprint density at radius 3 is 1.69 bits per heavy atom. The van der Waals surface area contributed by atoms with E-state index in [1.807, 2.05) is 36.0 Å². The molecule has 0 saturated carbocycles. The van der Waals surface area contributed by atoms with E-state index in [2.05, 4.69) is 102 Å².